The predicted octanol–water partition coefficient (Wildman–Crippen LogP) is 0.692. The molecule has 0 spiro atoms. The molecule has 0 aromatic carbocycles. The van der Waals surface area contributed by atoms with E-state index in [1.807, 2.05) is 6.92 Å². The van der Waals surface area contributed by atoms with E-state index in [4.69, 9.17) is 15.2 Å². The van der Waals surface area contributed by atoms with Gasteiger partial charge in [0.1, 0.15) is 0 Å². The van der Waals surface area contributed by atoms with Crippen molar-refractivity contribution in [3.05, 3.63) is 0 Å². The summed E-state index contributed by atoms with van der Waals surface area (Å²) in [5.74, 6) is -0.481. The highest BCUT2D eigenvalue weighted by atomic mass is 16.5. The van der Waals surface area contributed by atoms with Gasteiger partial charge in [-0.25, -0.2) is 0 Å². The Kier molecular flexibility index (Phi) is 4.35. The van der Waals surface area contributed by atoms with Crippen molar-refractivity contribution in [2.75, 3.05) is 13.2 Å². The molecule has 1 fully saturated rings. The minimum atomic E-state index is -0.269. The lowest BCUT2D eigenvalue weighted by molar-refractivity contribution is -0.153. The summed E-state index contributed by atoms with van der Waals surface area (Å²) < 4.78 is 10.4. The largest absolute Gasteiger partial charge is 0.462 e. The standard InChI is InChI=1S/C10H19NO3/c1-3-4-7(2)14-10(12)8-5-13-6-9(8)11/h7-9H,3-6,11H2,1-2H3. The van der Waals surface area contributed by atoms with E-state index >= 15 is 0 Å². The summed E-state index contributed by atoms with van der Waals surface area (Å²) >= 11 is 0. The Morgan fingerprint density at radius 1 is 1.64 bits per heavy atom. The number of ether oxygens (including phenoxy) is 2. The van der Waals surface area contributed by atoms with Gasteiger partial charge in [0, 0.05) is 6.04 Å². The van der Waals surface area contributed by atoms with E-state index < -0.39 is 0 Å². The minimum Gasteiger partial charge on any atom is -0.462 e. The zero-order chi connectivity index (χ0) is 10.6. The van der Waals surface area contributed by atoms with Crippen LogP contribution in [0, 0.1) is 5.92 Å². The van der Waals surface area contributed by atoms with E-state index in [0.717, 1.165) is 12.8 Å². The topological polar surface area (TPSA) is 61.5 Å². The smallest absolute Gasteiger partial charge is 0.313 e. The second kappa shape index (κ2) is 5.32. The molecule has 1 saturated heterocycles. The van der Waals surface area contributed by atoms with Gasteiger partial charge in [-0.2, -0.15) is 0 Å². The van der Waals surface area contributed by atoms with E-state index in [1.54, 1.807) is 0 Å². The fraction of sp³-hybridized carbons (Fsp3) is 0.900. The van der Waals surface area contributed by atoms with Gasteiger partial charge in [0.05, 0.1) is 25.2 Å². The maximum Gasteiger partial charge on any atom is 0.313 e. The maximum atomic E-state index is 11.6. The fourth-order valence-corrected chi connectivity index (χ4v) is 1.56. The van der Waals surface area contributed by atoms with E-state index in [9.17, 15) is 4.79 Å². The van der Waals surface area contributed by atoms with Crippen LogP contribution in [0.25, 0.3) is 0 Å². The highest BCUT2D eigenvalue weighted by molar-refractivity contribution is 5.74. The summed E-state index contributed by atoms with van der Waals surface area (Å²) in [6.45, 7) is 4.83. The summed E-state index contributed by atoms with van der Waals surface area (Å²) in [6.07, 6.45) is 1.90. The van der Waals surface area contributed by atoms with Crippen molar-refractivity contribution in [2.24, 2.45) is 11.7 Å². The van der Waals surface area contributed by atoms with Crippen LogP contribution in [-0.4, -0.2) is 31.3 Å². The normalized spacial score (nSPS) is 28.8. The monoisotopic (exact) mass is 201 g/mol. The molecule has 0 aliphatic carbocycles. The molecular weight excluding hydrogens is 182 g/mol. The van der Waals surface area contributed by atoms with Crippen molar-refractivity contribution < 1.29 is 14.3 Å². The Balaban J connectivity index is 2.33. The summed E-state index contributed by atoms with van der Waals surface area (Å²) in [7, 11) is 0. The summed E-state index contributed by atoms with van der Waals surface area (Å²) in [6, 6.07) is -0.198. The first-order chi connectivity index (χ1) is 6.65. The predicted molar refractivity (Wildman–Crippen MR) is 52.7 cm³/mol. The van der Waals surface area contributed by atoms with Crippen LogP contribution in [0.15, 0.2) is 0 Å². The number of carbonyl (C=O) groups excluding carboxylic acids is 1. The molecule has 0 radical (unpaired) electrons. The van der Waals surface area contributed by atoms with Gasteiger partial charge in [0.2, 0.25) is 0 Å². The van der Waals surface area contributed by atoms with Crippen molar-refractivity contribution in [3.8, 4) is 0 Å². The average molecular weight is 201 g/mol. The number of nitrogens with two attached hydrogens (primary N) is 1. The van der Waals surface area contributed by atoms with Gasteiger partial charge in [0.15, 0.2) is 0 Å². The third-order valence-electron chi connectivity index (χ3n) is 2.44. The molecule has 0 aromatic heterocycles. The molecular formula is C10H19NO3. The molecule has 0 aromatic rings. The van der Waals surface area contributed by atoms with Gasteiger partial charge < -0.3 is 15.2 Å². The van der Waals surface area contributed by atoms with Crippen LogP contribution >= 0.6 is 0 Å². The SMILES string of the molecule is CCCC(C)OC(=O)C1COCC1N. The summed E-state index contributed by atoms with van der Waals surface area (Å²) in [5, 5.41) is 0. The average Bonchev–Trinajstić information content (AvgIpc) is 2.51. The van der Waals surface area contributed by atoms with Crippen molar-refractivity contribution in [3.63, 3.8) is 0 Å². The lowest BCUT2D eigenvalue weighted by Gasteiger charge is -2.16. The zero-order valence-corrected chi connectivity index (χ0v) is 8.86. The molecule has 1 heterocycles. The summed E-state index contributed by atoms with van der Waals surface area (Å²) in [5.41, 5.74) is 5.70. The lowest BCUT2D eigenvalue weighted by atomic mass is 10.1. The van der Waals surface area contributed by atoms with Crippen LogP contribution < -0.4 is 5.73 Å². The number of hydrogen-bond donors (Lipinski definition) is 1. The van der Waals surface area contributed by atoms with Crippen molar-refractivity contribution in [1.82, 2.24) is 0 Å². The zero-order valence-electron chi connectivity index (χ0n) is 8.86. The van der Waals surface area contributed by atoms with Gasteiger partial charge in [-0.05, 0) is 13.3 Å². The first-order valence-electron chi connectivity index (χ1n) is 5.19. The second-order valence-corrected chi connectivity index (χ2v) is 3.84. The Morgan fingerprint density at radius 3 is 2.86 bits per heavy atom. The molecule has 4 nitrogen and oxygen atoms in total. The van der Waals surface area contributed by atoms with Crippen molar-refractivity contribution in [2.45, 2.75) is 38.8 Å². The third-order valence-corrected chi connectivity index (χ3v) is 2.44. The molecule has 4 heteroatoms. The first kappa shape index (κ1) is 11.5. The third kappa shape index (κ3) is 2.96. The maximum absolute atomic E-state index is 11.6. The minimum absolute atomic E-state index is 0.0136. The van der Waals surface area contributed by atoms with Crippen molar-refractivity contribution >= 4 is 5.97 Å². The Hall–Kier alpha value is -0.610. The second-order valence-electron chi connectivity index (χ2n) is 3.84. The van der Waals surface area contributed by atoms with Crippen LogP contribution in [0.1, 0.15) is 26.7 Å². The van der Waals surface area contributed by atoms with Gasteiger partial charge >= 0.3 is 5.97 Å². The number of carbonyl (C=O) groups is 1. The van der Waals surface area contributed by atoms with Crippen LogP contribution in [0.5, 0.6) is 0 Å². The number of hydrogen-bond acceptors (Lipinski definition) is 4. The molecule has 14 heavy (non-hydrogen) atoms. The highest BCUT2D eigenvalue weighted by Gasteiger charge is 2.33. The lowest BCUT2D eigenvalue weighted by Crippen LogP contribution is -2.36. The molecule has 3 atom stereocenters. The Labute approximate surface area is 84.7 Å². The van der Waals surface area contributed by atoms with Crippen LogP contribution in [0.3, 0.4) is 0 Å². The van der Waals surface area contributed by atoms with Gasteiger partial charge in [-0.15, -0.1) is 0 Å². The number of rotatable bonds is 4. The highest BCUT2D eigenvalue weighted by Crippen LogP contribution is 2.15. The molecule has 1 aliphatic heterocycles. The molecule has 2 N–H and O–H groups in total. The molecule has 82 valence electrons. The number of esters is 1. The molecule has 3 unspecified atom stereocenters. The fourth-order valence-electron chi connectivity index (χ4n) is 1.56. The molecule has 0 amide bonds. The van der Waals surface area contributed by atoms with Gasteiger partial charge in [-0.3, -0.25) is 4.79 Å². The Bertz CT molecular complexity index is 196. The molecule has 0 saturated carbocycles. The Morgan fingerprint density at radius 2 is 2.36 bits per heavy atom. The quantitative estimate of drug-likeness (QED) is 0.680. The molecule has 1 aliphatic rings. The summed E-state index contributed by atoms with van der Waals surface area (Å²) in [4.78, 5) is 11.6. The van der Waals surface area contributed by atoms with E-state index in [2.05, 4.69) is 6.92 Å². The van der Waals surface area contributed by atoms with Crippen LogP contribution in [0.4, 0.5) is 0 Å². The molecule has 1 rings (SSSR count). The first-order valence-corrected chi connectivity index (χ1v) is 5.19. The van der Waals surface area contributed by atoms with Gasteiger partial charge in [-0.1, -0.05) is 13.3 Å². The van der Waals surface area contributed by atoms with Gasteiger partial charge in [0.25, 0.3) is 0 Å². The van der Waals surface area contributed by atoms with Crippen LogP contribution in [0.2, 0.25) is 0 Å². The van der Waals surface area contributed by atoms with E-state index in [1.165, 1.54) is 0 Å². The van der Waals surface area contributed by atoms with Crippen LogP contribution in [-0.2, 0) is 14.3 Å². The van der Waals surface area contributed by atoms with E-state index in [0.29, 0.717) is 13.2 Å². The van der Waals surface area contributed by atoms with Crippen molar-refractivity contribution in [1.29, 1.82) is 0 Å². The molecule has 0 bridgehead atoms. The van der Waals surface area contributed by atoms with E-state index in [-0.39, 0.29) is 24.0 Å².